The lowest BCUT2D eigenvalue weighted by Gasteiger charge is -2.35. The van der Waals surface area contributed by atoms with E-state index in [2.05, 4.69) is 46.3 Å². The minimum atomic E-state index is -0.163. The van der Waals surface area contributed by atoms with Gasteiger partial charge in [0.2, 0.25) is 5.91 Å². The van der Waals surface area contributed by atoms with E-state index in [9.17, 15) is 9.59 Å². The summed E-state index contributed by atoms with van der Waals surface area (Å²) in [5.41, 5.74) is 3.14. The number of likely N-dealkylation sites (tertiary alicyclic amines) is 1. The van der Waals surface area contributed by atoms with Crippen molar-refractivity contribution in [2.75, 3.05) is 13.1 Å². The molecule has 3 heterocycles. The highest BCUT2D eigenvalue weighted by Gasteiger charge is 2.58. The largest absolute Gasteiger partial charge is 0.346 e. The maximum atomic E-state index is 13.5. The maximum Gasteiger partial charge on any atom is 0.224 e. The summed E-state index contributed by atoms with van der Waals surface area (Å²) in [6, 6.07) is 6.61. The molecule has 1 saturated carbocycles. The van der Waals surface area contributed by atoms with Crippen LogP contribution < -0.4 is 5.32 Å². The number of nitrogens with one attached hydrogen (secondary N) is 2. The number of imidazole rings is 1. The van der Waals surface area contributed by atoms with Gasteiger partial charge in [-0.05, 0) is 76.6 Å². The number of ketones is 1. The molecule has 210 valence electrons. The molecule has 2 fully saturated rings. The molecule has 1 saturated heterocycles. The van der Waals surface area contributed by atoms with E-state index in [-0.39, 0.29) is 23.3 Å². The standard InChI is InChI=1S/C31H44N6O2/c1-5-24(38)9-7-6-8-10-27(34-30(39)25-18-31(25)13-15-37(16-14-31)21(2)3)29-32-19-28(33-29)22-11-12-26-23(17-22)20-36(4)35-26/h11-12,17,19-21,25,27H,5-10,13-16,18H2,1-4H3,(H,32,33)(H,34,39)/t25-,27+/m1/s1. The normalized spacial score (nSPS) is 19.6. The van der Waals surface area contributed by atoms with Gasteiger partial charge in [-0.25, -0.2) is 4.98 Å². The molecule has 2 atom stereocenters. The van der Waals surface area contributed by atoms with Gasteiger partial charge in [-0.15, -0.1) is 0 Å². The molecule has 1 aliphatic carbocycles. The minimum Gasteiger partial charge on any atom is -0.346 e. The summed E-state index contributed by atoms with van der Waals surface area (Å²) in [5, 5.41) is 8.94. The Morgan fingerprint density at radius 3 is 2.72 bits per heavy atom. The zero-order valence-corrected chi connectivity index (χ0v) is 24.0. The molecule has 1 amide bonds. The molecule has 1 aliphatic heterocycles. The molecule has 1 aromatic carbocycles. The molecule has 39 heavy (non-hydrogen) atoms. The van der Waals surface area contributed by atoms with Crippen molar-refractivity contribution in [1.82, 2.24) is 30.0 Å². The molecule has 8 heteroatoms. The van der Waals surface area contributed by atoms with E-state index in [0.717, 1.165) is 86.0 Å². The second-order valence-corrected chi connectivity index (χ2v) is 12.1. The lowest BCUT2D eigenvalue weighted by atomic mass is 9.90. The average molecular weight is 533 g/mol. The molecular weight excluding hydrogens is 488 g/mol. The number of rotatable bonds is 12. The molecule has 3 aromatic rings. The molecule has 8 nitrogen and oxygen atoms in total. The number of hydrogen-bond acceptors (Lipinski definition) is 5. The van der Waals surface area contributed by atoms with E-state index >= 15 is 0 Å². The van der Waals surface area contributed by atoms with Crippen molar-refractivity contribution < 1.29 is 9.59 Å². The van der Waals surface area contributed by atoms with Gasteiger partial charge in [0.25, 0.3) is 0 Å². The van der Waals surface area contributed by atoms with Crippen molar-refractivity contribution in [3.05, 3.63) is 36.4 Å². The van der Waals surface area contributed by atoms with Crippen LogP contribution in [-0.4, -0.2) is 55.5 Å². The molecule has 2 aliphatic rings. The fourth-order valence-corrected chi connectivity index (χ4v) is 6.31. The van der Waals surface area contributed by atoms with Crippen LogP contribution in [0.5, 0.6) is 0 Å². The predicted molar refractivity (Wildman–Crippen MR) is 154 cm³/mol. The van der Waals surface area contributed by atoms with E-state index in [4.69, 9.17) is 4.98 Å². The lowest BCUT2D eigenvalue weighted by molar-refractivity contribution is -0.124. The third kappa shape index (κ3) is 6.26. The van der Waals surface area contributed by atoms with Crippen molar-refractivity contribution in [3.8, 4) is 11.3 Å². The second-order valence-electron chi connectivity index (χ2n) is 12.1. The van der Waals surface area contributed by atoms with Gasteiger partial charge in [0, 0.05) is 49.0 Å². The number of aromatic nitrogens is 4. The number of benzene rings is 1. The van der Waals surface area contributed by atoms with E-state index in [1.54, 1.807) is 0 Å². The molecule has 1 spiro atoms. The monoisotopic (exact) mass is 532 g/mol. The topological polar surface area (TPSA) is 95.9 Å². The summed E-state index contributed by atoms with van der Waals surface area (Å²) in [6.45, 7) is 8.61. The summed E-state index contributed by atoms with van der Waals surface area (Å²) in [7, 11) is 1.93. The van der Waals surface area contributed by atoms with E-state index < -0.39 is 0 Å². The summed E-state index contributed by atoms with van der Waals surface area (Å²) in [4.78, 5) is 36.0. The number of carbonyl (C=O) groups excluding carboxylic acids is 2. The van der Waals surface area contributed by atoms with Crippen LogP contribution in [0.15, 0.2) is 30.6 Å². The fraction of sp³-hybridized carbons (Fsp3) is 0.613. The molecular formula is C31H44N6O2. The number of piperidine rings is 1. The summed E-state index contributed by atoms with van der Waals surface area (Å²) < 4.78 is 1.82. The number of amides is 1. The number of hydrogen-bond donors (Lipinski definition) is 2. The average Bonchev–Trinajstić information content (AvgIpc) is 3.24. The van der Waals surface area contributed by atoms with Crippen molar-refractivity contribution >= 4 is 22.6 Å². The number of aromatic amines is 1. The first-order chi connectivity index (χ1) is 18.8. The number of aryl methyl sites for hydroxylation is 1. The first kappa shape index (κ1) is 27.6. The summed E-state index contributed by atoms with van der Waals surface area (Å²) >= 11 is 0. The van der Waals surface area contributed by atoms with E-state index in [1.165, 1.54) is 0 Å². The molecule has 2 N–H and O–H groups in total. The Morgan fingerprint density at radius 2 is 1.97 bits per heavy atom. The quantitative estimate of drug-likeness (QED) is 0.298. The molecule has 2 aromatic heterocycles. The SMILES string of the molecule is CCC(=O)CCCCC[C@H](NC(=O)[C@H]1CC12CCN(C(C)C)CC2)c1ncc(-c2ccc3nn(C)cc3c2)[nH]1. The molecule has 5 rings (SSSR count). The van der Waals surface area contributed by atoms with Gasteiger partial charge < -0.3 is 15.2 Å². The van der Waals surface area contributed by atoms with Crippen molar-refractivity contribution in [3.63, 3.8) is 0 Å². The van der Waals surface area contributed by atoms with Gasteiger partial charge in [0.15, 0.2) is 0 Å². The van der Waals surface area contributed by atoms with Crippen molar-refractivity contribution in [2.24, 2.45) is 18.4 Å². The highest BCUT2D eigenvalue weighted by atomic mass is 16.2. The second kappa shape index (κ2) is 11.6. The number of nitrogens with zero attached hydrogens (tertiary/aromatic N) is 4. The van der Waals surface area contributed by atoms with Crippen LogP contribution in [0, 0.1) is 11.3 Å². The highest BCUT2D eigenvalue weighted by molar-refractivity contribution is 5.84. The van der Waals surface area contributed by atoms with Crippen LogP contribution >= 0.6 is 0 Å². The van der Waals surface area contributed by atoms with Crippen LogP contribution in [0.3, 0.4) is 0 Å². The third-order valence-electron chi connectivity index (χ3n) is 9.05. The van der Waals surface area contributed by atoms with E-state index in [1.807, 2.05) is 37.1 Å². The summed E-state index contributed by atoms with van der Waals surface area (Å²) in [6.07, 6.45) is 12.0. The fourth-order valence-electron chi connectivity index (χ4n) is 6.31. The van der Waals surface area contributed by atoms with E-state index in [0.29, 0.717) is 24.7 Å². The summed E-state index contributed by atoms with van der Waals surface area (Å²) in [5.74, 6) is 1.41. The zero-order valence-electron chi connectivity index (χ0n) is 24.0. The van der Waals surface area contributed by atoms with Crippen LogP contribution in [0.1, 0.15) is 90.4 Å². The third-order valence-corrected chi connectivity index (χ3v) is 9.05. The van der Waals surface area contributed by atoms with Gasteiger partial charge in [0.1, 0.15) is 11.6 Å². The first-order valence-electron chi connectivity index (χ1n) is 14.8. The first-order valence-corrected chi connectivity index (χ1v) is 14.8. The number of carbonyl (C=O) groups is 2. The number of Topliss-reactive ketones (excluding diaryl/α,β-unsaturated/α-hetero) is 1. The number of unbranched alkanes of at least 4 members (excludes halogenated alkanes) is 2. The van der Waals surface area contributed by atoms with Gasteiger partial charge in [-0.2, -0.15) is 5.10 Å². The minimum absolute atomic E-state index is 0.110. The zero-order chi connectivity index (χ0) is 27.6. The van der Waals surface area contributed by atoms with Crippen molar-refractivity contribution in [2.45, 2.75) is 90.6 Å². The number of fused-ring (bicyclic) bond motifs is 1. The maximum absolute atomic E-state index is 13.5. The molecule has 0 bridgehead atoms. The Balaban J connectivity index is 1.26. The van der Waals surface area contributed by atoms with Crippen LogP contribution in [0.4, 0.5) is 0 Å². The molecule has 0 unspecified atom stereocenters. The molecule has 0 radical (unpaired) electrons. The van der Waals surface area contributed by atoms with Crippen LogP contribution in [-0.2, 0) is 16.6 Å². The van der Waals surface area contributed by atoms with Crippen LogP contribution in [0.25, 0.3) is 22.2 Å². The Hall–Kier alpha value is -3.00. The smallest absolute Gasteiger partial charge is 0.224 e. The van der Waals surface area contributed by atoms with Gasteiger partial charge in [-0.1, -0.05) is 25.8 Å². The number of H-pyrrole nitrogens is 1. The highest BCUT2D eigenvalue weighted by Crippen LogP contribution is 2.59. The predicted octanol–water partition coefficient (Wildman–Crippen LogP) is 5.56. The Morgan fingerprint density at radius 1 is 1.18 bits per heavy atom. The Bertz CT molecular complexity index is 1300. The van der Waals surface area contributed by atoms with Gasteiger partial charge in [0.05, 0.1) is 23.4 Å². The van der Waals surface area contributed by atoms with Gasteiger partial charge >= 0.3 is 0 Å². The van der Waals surface area contributed by atoms with Gasteiger partial charge in [-0.3, -0.25) is 14.3 Å². The lowest BCUT2D eigenvalue weighted by Crippen LogP contribution is -2.41. The van der Waals surface area contributed by atoms with Crippen LogP contribution in [0.2, 0.25) is 0 Å². The Labute approximate surface area is 231 Å². The van der Waals surface area contributed by atoms with Crippen molar-refractivity contribution in [1.29, 1.82) is 0 Å². The Kier molecular flexibility index (Phi) is 8.21.